The quantitative estimate of drug-likeness (QED) is 0.0162. The van der Waals surface area contributed by atoms with Gasteiger partial charge in [0.15, 0.2) is 49.7 Å². The largest absolute Gasteiger partial charge is 0.476 e. The number of urea groups is 2. The van der Waals surface area contributed by atoms with Crippen LogP contribution in [0.2, 0.25) is 10.0 Å². The predicted molar refractivity (Wildman–Crippen MR) is 394 cm³/mol. The number of carboxylic acids is 1. The highest BCUT2D eigenvalue weighted by atomic mass is 35.5. The Labute approximate surface area is 691 Å². The van der Waals surface area contributed by atoms with Gasteiger partial charge in [0, 0.05) is 15.4 Å². The molecule has 0 radical (unpaired) electrons. The summed E-state index contributed by atoms with van der Waals surface area (Å²) in [7, 11) is 0. The van der Waals surface area contributed by atoms with Crippen molar-refractivity contribution in [1.29, 1.82) is 10.8 Å². The first-order chi connectivity index (χ1) is 57.0. The monoisotopic (exact) mass is 1790 g/mol. The zero-order chi connectivity index (χ0) is 90.5. The lowest BCUT2D eigenvalue weighted by molar-refractivity contribution is -0.397. The third-order valence-electron chi connectivity index (χ3n) is 18.6. The molecule has 0 saturated carbocycles. The van der Waals surface area contributed by atoms with Gasteiger partial charge in [0.05, 0.1) is 70.2 Å². The molecule has 40 N–H and O–H groups in total. The van der Waals surface area contributed by atoms with Crippen molar-refractivity contribution in [2.24, 2.45) is 38.9 Å². The number of nitrogens with two attached hydrogens (primary N) is 5. The van der Waals surface area contributed by atoms with Gasteiger partial charge in [-0.1, -0.05) is 47.5 Å². The van der Waals surface area contributed by atoms with Gasteiger partial charge in [-0.15, -0.1) is 0 Å². The van der Waals surface area contributed by atoms with Crippen LogP contribution >= 0.6 is 23.2 Å². The van der Waals surface area contributed by atoms with E-state index in [4.69, 9.17) is 117 Å². The molecule has 2 aromatic carbocycles. The first-order valence-corrected chi connectivity index (χ1v) is 36.6. The van der Waals surface area contributed by atoms with Crippen LogP contribution in [0.4, 0.5) is 9.59 Å². The molecule has 688 valence electrons. The minimum atomic E-state index is -2.35. The second kappa shape index (κ2) is 47.8. The second-order valence-electron chi connectivity index (χ2n) is 27.2. The van der Waals surface area contributed by atoms with Crippen molar-refractivity contribution in [1.82, 2.24) is 26.1 Å². The zero-order valence-corrected chi connectivity index (χ0v) is 64.6. The number of ether oxygens (including phenoxy) is 13. The molecule has 10 rings (SSSR count). The summed E-state index contributed by atoms with van der Waals surface area (Å²) in [5.74, 6) is -1.57. The van der Waals surface area contributed by atoms with E-state index in [-0.39, 0.29) is 17.6 Å². The number of nitrogens with one attached hydrogen (secondary N) is 5. The molecule has 121 heavy (non-hydrogen) atoms. The summed E-state index contributed by atoms with van der Waals surface area (Å²) in [6.45, 7) is -4.55. The van der Waals surface area contributed by atoms with Gasteiger partial charge in [-0.3, -0.25) is 20.7 Å². The molecular formula is C64H102Cl2N14O41. The van der Waals surface area contributed by atoms with E-state index in [0.717, 1.165) is 11.1 Å². The number of halogens is 2. The average Bonchev–Trinajstić information content (AvgIpc) is 1.50. The number of aliphatic hydroxyl groups is 23. The Balaban J connectivity index is 0.000000424. The van der Waals surface area contributed by atoms with Gasteiger partial charge in [0.1, 0.15) is 171 Å². The van der Waals surface area contributed by atoms with Gasteiger partial charge >= 0.3 is 18.0 Å². The van der Waals surface area contributed by atoms with E-state index in [9.17, 15) is 132 Å². The molecule has 8 heterocycles. The number of guanidine groups is 2. The molecule has 4 amide bonds. The van der Waals surface area contributed by atoms with Crippen LogP contribution in [0.5, 0.6) is 0 Å². The Kier molecular flexibility index (Phi) is 40.6. The number of fused-ring (bicyclic) bond motifs is 1. The summed E-state index contributed by atoms with van der Waals surface area (Å²) in [6.07, 6.45) is -68.1. The molecule has 7 aliphatic rings. The van der Waals surface area contributed by atoms with Crippen molar-refractivity contribution in [3.05, 3.63) is 63.8 Å². The van der Waals surface area contributed by atoms with Crippen LogP contribution < -0.4 is 45.0 Å². The van der Waals surface area contributed by atoms with Crippen molar-refractivity contribution in [3.8, 4) is 0 Å². The summed E-state index contributed by atoms with van der Waals surface area (Å²) < 4.78 is 73.7. The number of hydrazone groups is 2. The van der Waals surface area contributed by atoms with E-state index in [2.05, 4.69) is 43.4 Å². The van der Waals surface area contributed by atoms with Crippen LogP contribution in [0.1, 0.15) is 23.0 Å². The molecule has 0 unspecified atom stereocenters. The molecule has 7 saturated heterocycles. The molecular weight excluding hydrogens is 1690 g/mol. The fourth-order valence-electron chi connectivity index (χ4n) is 12.4. The molecule has 1 aromatic heterocycles. The Bertz CT molecular complexity index is 3800. The van der Waals surface area contributed by atoms with E-state index >= 15 is 0 Å². The van der Waals surface area contributed by atoms with Gasteiger partial charge < -0.3 is 213 Å². The maximum absolute atomic E-state index is 11.8. The van der Waals surface area contributed by atoms with Crippen molar-refractivity contribution >= 4 is 76.0 Å². The first-order valence-electron chi connectivity index (χ1n) is 35.9. The lowest BCUT2D eigenvalue weighted by atomic mass is 9.95. The lowest BCUT2D eigenvalue weighted by Crippen LogP contribution is -2.68. The number of primary amides is 3. The van der Waals surface area contributed by atoms with E-state index in [1.165, 1.54) is 11.7 Å². The standard InChI is InChI=1S/C42H72O36.C15H10Cl2N2O2.C5H12N8.CH4N2O2.CH4N2O/c43-1-8-15(48)22(55)25(58)37(69-8)66-6-13-20(53)32(28(61)36(65)68-13)75-40-29(62)33(18(51)11(4-46)72-40)77-41-30(63)34(19(52)12(5-47)73-41)78-42-31(64)35(76-39-27(60)24(57)17(50)10(3-45)71-39)21(54)14(74-42)7-67-38-26(59)23(56)16(49)9(2-44)70-38;16-10-6-5-9(12(17)7-10)8-19-13-4-2-1-3-11(13)14(18-19)15(20)21;1-3(11-13-5(8)9)2-10-12-4(6)7;2-1(4)3-5;2-1(3)4/h8-65H,1-7H2;1-7H,8H2,(H,20,21);2H,1H3,(H4,6,7,12)(H4,8,9,13);5H,(H3,2,3,4);(H4,2,3,4)/b;;10-2+,11-3+;;/t8-,9-,10-,11-,12-,13-,14-,15-,16-,17-,18-,19-,20-,21-,22+,23+,24+,25-,26-,27-,28-,29-,30-,31-,32+,33+,34+,35+,36-,37-,38-,39+,40+,41+,42+;;;;/m1..../s1. The minimum Gasteiger partial charge on any atom is -0.476 e. The number of carboxylic acid groups (broad SMARTS) is 1. The van der Waals surface area contributed by atoms with Crippen LogP contribution in [0, 0.1) is 10.8 Å². The fourth-order valence-corrected chi connectivity index (χ4v) is 12.8. The Hall–Kier alpha value is -7.10. The third kappa shape index (κ3) is 27.2. The molecule has 55 nitrogen and oxygen atoms in total. The fraction of sp³-hybridized carbons (Fsp3) is 0.688. The number of aliphatic hydroxyl groups excluding tert-OH is 23. The SMILES string of the molecule is CC(/C=N/NC(=N)N)=N\NC(=N)N.NC(=O)NO.NC(N)=O.O=C(O)c1nn(Cc2ccc(Cl)cc2Cl)c2ccccc12.OC[C@H]1O[C@@H](OC[C@H]2O[C@@H](O)[C@H](O)[C@@H](O[C@@H]3O[C@H](CO)[C@@H](O)[C@H](O[C@@H]4O[C@H](CO)[C@@H](O)[C@H](O[C@@H]5O[C@H](CO[C@@H]6O[C@H](CO)[C@@H](O)[C@H](O)[C@H]6O)[C@@H](O)[C@H](O[C@@H]6O[C@H](CO)[C@@H](O)[C@H](O)[C@H]6O)[C@H]5O)[C@H]4O)[C@H]3O)[C@@H]2O)[C@H](O)[C@@H](O)[C@@H]1O. The molecule has 3 aromatic rings. The number of carbonyl (C=O) groups is 3. The lowest BCUT2D eigenvalue weighted by Gasteiger charge is -2.50. The van der Waals surface area contributed by atoms with Crippen molar-refractivity contribution in [2.75, 3.05) is 46.2 Å². The Morgan fingerprint density at radius 1 is 0.488 bits per heavy atom. The van der Waals surface area contributed by atoms with Crippen LogP contribution in [0.25, 0.3) is 10.9 Å². The summed E-state index contributed by atoms with van der Waals surface area (Å²) in [5.41, 5.74) is 30.4. The number of para-hydroxylation sites is 1. The normalized spacial score (nSPS) is 38.1. The van der Waals surface area contributed by atoms with E-state index in [1.807, 2.05) is 18.2 Å². The van der Waals surface area contributed by atoms with Gasteiger partial charge in [-0.2, -0.15) is 15.3 Å². The Morgan fingerprint density at radius 3 is 1.21 bits per heavy atom. The van der Waals surface area contributed by atoms with Crippen LogP contribution in [0.3, 0.4) is 0 Å². The molecule has 0 spiro atoms. The van der Waals surface area contributed by atoms with Crippen LogP contribution in [-0.2, 0) is 68.1 Å². The molecule has 35 atom stereocenters. The molecule has 7 aliphatic heterocycles. The molecule has 7 fully saturated rings. The van der Waals surface area contributed by atoms with Gasteiger partial charge in [-0.25, -0.2) is 30.7 Å². The molecule has 0 aliphatic carbocycles. The molecule has 0 bridgehead atoms. The number of nitrogens with zero attached hydrogens (tertiary/aromatic N) is 4. The summed E-state index contributed by atoms with van der Waals surface area (Å²) in [6, 6.07) is 10.6. The van der Waals surface area contributed by atoms with Gasteiger partial charge in [0.25, 0.3) is 0 Å². The Morgan fingerprint density at radius 2 is 0.835 bits per heavy atom. The average molecular weight is 1790 g/mol. The maximum Gasteiger partial charge on any atom is 0.357 e. The van der Waals surface area contributed by atoms with Crippen LogP contribution in [-0.4, -0.2) is 441 Å². The van der Waals surface area contributed by atoms with Crippen molar-refractivity contribution in [3.63, 3.8) is 0 Å². The van der Waals surface area contributed by atoms with Crippen LogP contribution in [0.15, 0.2) is 52.7 Å². The number of aromatic carboxylic acids is 1. The van der Waals surface area contributed by atoms with E-state index < -0.39 is 279 Å². The topological polar surface area (TPSA) is 933 Å². The number of hydroxylamine groups is 1. The van der Waals surface area contributed by atoms with E-state index in [1.54, 1.807) is 35.9 Å². The van der Waals surface area contributed by atoms with Crippen molar-refractivity contribution < 1.29 is 204 Å². The highest BCUT2D eigenvalue weighted by Gasteiger charge is 2.58. The minimum absolute atomic E-state index is 0.0377. The number of rotatable bonds is 25. The smallest absolute Gasteiger partial charge is 0.357 e. The second-order valence-corrected chi connectivity index (χ2v) is 28.0. The number of benzene rings is 2. The van der Waals surface area contributed by atoms with Crippen molar-refractivity contribution in [2.45, 2.75) is 228 Å². The highest BCUT2D eigenvalue weighted by Crippen LogP contribution is 2.38. The number of amides is 4. The summed E-state index contributed by atoms with van der Waals surface area (Å²) in [5, 5.41) is 288. The summed E-state index contributed by atoms with van der Waals surface area (Å²) >= 11 is 12.0. The number of hydrogen-bond donors (Lipinski definition) is 35. The maximum atomic E-state index is 11.8. The zero-order valence-electron chi connectivity index (χ0n) is 63.1. The number of aromatic nitrogens is 2. The summed E-state index contributed by atoms with van der Waals surface area (Å²) in [4.78, 5) is 29.5. The van der Waals surface area contributed by atoms with E-state index in [0.29, 0.717) is 27.7 Å². The number of hydrogen-bond acceptors (Lipinski definition) is 45. The van der Waals surface area contributed by atoms with Gasteiger partial charge in [-0.05, 0) is 30.7 Å². The van der Waals surface area contributed by atoms with Gasteiger partial charge in [0.2, 0.25) is 11.9 Å². The number of carbonyl (C=O) groups excluding carboxylic acids is 2. The highest BCUT2D eigenvalue weighted by molar-refractivity contribution is 6.35. The first kappa shape index (κ1) is 103. The molecule has 57 heteroatoms. The third-order valence-corrected chi connectivity index (χ3v) is 19.2. The predicted octanol–water partition coefficient (Wildman–Crippen LogP) is -15.8.